The number of likely N-dealkylation sites (tertiary alicyclic amines) is 1. The normalized spacial score (nSPS) is 21.4. The molecule has 26 heavy (non-hydrogen) atoms. The standard InChI is InChI=1S/C24H29NO/c1-6-12-19(5)23-22(24(26)25(23)21(8-3)13-7-2)17-16-18(4)20-14-10-9-11-15-20/h6-15,18,22-23H,2-3,5,16-17H2,1,4H3/b12-6-,21-13+. The van der Waals surface area contributed by atoms with Gasteiger partial charge in [-0.1, -0.05) is 75.2 Å². The fourth-order valence-corrected chi connectivity index (χ4v) is 3.60. The topological polar surface area (TPSA) is 20.3 Å². The van der Waals surface area contributed by atoms with Gasteiger partial charge in [-0.2, -0.15) is 0 Å². The molecule has 136 valence electrons. The molecule has 1 aromatic rings. The van der Waals surface area contributed by atoms with Crippen molar-refractivity contribution in [3.63, 3.8) is 0 Å². The van der Waals surface area contributed by atoms with E-state index in [0.29, 0.717) is 5.92 Å². The van der Waals surface area contributed by atoms with Crippen molar-refractivity contribution in [2.45, 2.75) is 38.6 Å². The summed E-state index contributed by atoms with van der Waals surface area (Å²) in [5, 5.41) is 0. The summed E-state index contributed by atoms with van der Waals surface area (Å²) in [6.45, 7) is 16.0. The van der Waals surface area contributed by atoms with Gasteiger partial charge < -0.3 is 4.90 Å². The summed E-state index contributed by atoms with van der Waals surface area (Å²) in [5.74, 6) is 0.545. The van der Waals surface area contributed by atoms with E-state index in [0.717, 1.165) is 24.1 Å². The van der Waals surface area contributed by atoms with Crippen molar-refractivity contribution in [1.29, 1.82) is 0 Å². The molecular weight excluding hydrogens is 318 g/mol. The number of β-lactam (4-membered cyclic amide) rings is 1. The summed E-state index contributed by atoms with van der Waals surface area (Å²) in [7, 11) is 0. The molecule has 0 saturated carbocycles. The first-order valence-electron chi connectivity index (χ1n) is 9.19. The maximum atomic E-state index is 12.8. The lowest BCUT2D eigenvalue weighted by Gasteiger charge is -2.48. The van der Waals surface area contributed by atoms with Crippen LogP contribution in [0.1, 0.15) is 38.2 Å². The van der Waals surface area contributed by atoms with Crippen LogP contribution in [-0.4, -0.2) is 16.8 Å². The maximum Gasteiger partial charge on any atom is 0.233 e. The largest absolute Gasteiger partial charge is 0.304 e. The van der Waals surface area contributed by atoms with Gasteiger partial charge in [0.15, 0.2) is 0 Å². The first kappa shape index (κ1) is 19.7. The molecule has 2 rings (SSSR count). The van der Waals surface area contributed by atoms with Gasteiger partial charge in [-0.3, -0.25) is 4.79 Å². The number of rotatable bonds is 9. The first-order chi connectivity index (χ1) is 12.5. The molecule has 3 atom stereocenters. The Balaban J connectivity index is 2.15. The molecule has 0 radical (unpaired) electrons. The van der Waals surface area contributed by atoms with Crippen molar-refractivity contribution in [1.82, 2.24) is 4.90 Å². The van der Waals surface area contributed by atoms with E-state index in [-0.39, 0.29) is 17.9 Å². The summed E-state index contributed by atoms with van der Waals surface area (Å²) >= 11 is 0. The van der Waals surface area contributed by atoms with Crippen LogP contribution in [0.5, 0.6) is 0 Å². The van der Waals surface area contributed by atoms with E-state index in [4.69, 9.17) is 0 Å². The summed E-state index contributed by atoms with van der Waals surface area (Å²) in [6.07, 6.45) is 11.0. The molecule has 2 nitrogen and oxygen atoms in total. The molecular formula is C24H29NO. The fraction of sp³-hybridized carbons (Fsp3) is 0.292. The molecule has 1 aliphatic heterocycles. The van der Waals surface area contributed by atoms with Crippen LogP contribution in [0.15, 0.2) is 91.7 Å². The zero-order chi connectivity index (χ0) is 19.1. The molecule has 1 amide bonds. The molecule has 3 unspecified atom stereocenters. The number of allylic oxidation sites excluding steroid dienone is 4. The van der Waals surface area contributed by atoms with Crippen molar-refractivity contribution in [2.75, 3.05) is 0 Å². The molecule has 0 N–H and O–H groups in total. The van der Waals surface area contributed by atoms with Crippen LogP contribution in [0.2, 0.25) is 0 Å². The lowest BCUT2D eigenvalue weighted by molar-refractivity contribution is -0.149. The molecule has 1 fully saturated rings. The summed E-state index contributed by atoms with van der Waals surface area (Å²) in [6, 6.07) is 10.5. The van der Waals surface area contributed by atoms with Crippen LogP contribution in [0.4, 0.5) is 0 Å². The van der Waals surface area contributed by atoms with E-state index in [9.17, 15) is 4.79 Å². The SMILES string of the molecule is C=C/C=C(\C=C)N1C(=O)C(CCC(C)c2ccccc2)C1C(=C)/C=C\C. The Bertz CT molecular complexity index is 726. The molecule has 1 aromatic carbocycles. The van der Waals surface area contributed by atoms with Crippen LogP contribution in [0, 0.1) is 5.92 Å². The minimum Gasteiger partial charge on any atom is -0.304 e. The summed E-state index contributed by atoms with van der Waals surface area (Å²) < 4.78 is 0. The van der Waals surface area contributed by atoms with Crippen molar-refractivity contribution < 1.29 is 4.79 Å². The van der Waals surface area contributed by atoms with E-state index < -0.39 is 0 Å². The van der Waals surface area contributed by atoms with Gasteiger partial charge >= 0.3 is 0 Å². The third kappa shape index (κ3) is 4.13. The Labute approximate surface area is 157 Å². The predicted octanol–water partition coefficient (Wildman–Crippen LogP) is 5.79. The number of carbonyl (C=O) groups excluding carboxylic acids is 1. The number of hydrogen-bond donors (Lipinski definition) is 0. The molecule has 0 spiro atoms. The third-order valence-electron chi connectivity index (χ3n) is 5.03. The fourth-order valence-electron chi connectivity index (χ4n) is 3.60. The minimum atomic E-state index is -0.0296. The number of amides is 1. The average Bonchev–Trinajstić information content (AvgIpc) is 2.65. The van der Waals surface area contributed by atoms with Crippen molar-refractivity contribution in [3.8, 4) is 0 Å². The zero-order valence-electron chi connectivity index (χ0n) is 15.9. The lowest BCUT2D eigenvalue weighted by atomic mass is 9.77. The average molecular weight is 348 g/mol. The highest BCUT2D eigenvalue weighted by molar-refractivity contribution is 5.90. The first-order valence-corrected chi connectivity index (χ1v) is 9.19. The zero-order valence-corrected chi connectivity index (χ0v) is 15.9. The smallest absolute Gasteiger partial charge is 0.233 e. The molecule has 0 aromatic heterocycles. The second-order valence-corrected chi connectivity index (χ2v) is 6.75. The van der Waals surface area contributed by atoms with Crippen LogP contribution >= 0.6 is 0 Å². The minimum absolute atomic E-state index is 0.00845. The maximum absolute atomic E-state index is 12.8. The molecule has 1 saturated heterocycles. The highest BCUT2D eigenvalue weighted by Gasteiger charge is 2.48. The summed E-state index contributed by atoms with van der Waals surface area (Å²) in [5.41, 5.74) is 3.06. The molecule has 2 heteroatoms. The lowest BCUT2D eigenvalue weighted by Crippen LogP contribution is -2.60. The van der Waals surface area contributed by atoms with Crippen molar-refractivity contribution in [3.05, 3.63) is 97.3 Å². The van der Waals surface area contributed by atoms with Gasteiger partial charge in [0, 0.05) is 5.70 Å². The van der Waals surface area contributed by atoms with E-state index in [1.54, 1.807) is 17.1 Å². The monoisotopic (exact) mass is 347 g/mol. The van der Waals surface area contributed by atoms with Crippen LogP contribution in [0.25, 0.3) is 0 Å². The quantitative estimate of drug-likeness (QED) is 0.409. The van der Waals surface area contributed by atoms with Gasteiger partial charge in [0.25, 0.3) is 0 Å². The number of nitrogens with zero attached hydrogens (tertiary/aromatic N) is 1. The van der Waals surface area contributed by atoms with Gasteiger partial charge in [-0.15, -0.1) is 0 Å². The van der Waals surface area contributed by atoms with Crippen molar-refractivity contribution in [2.24, 2.45) is 5.92 Å². The molecule has 0 aliphatic carbocycles. The van der Waals surface area contributed by atoms with Gasteiger partial charge in [-0.05, 0) is 49.0 Å². The van der Waals surface area contributed by atoms with E-state index in [2.05, 4.69) is 50.9 Å². The Morgan fingerprint density at radius 1 is 1.27 bits per heavy atom. The van der Waals surface area contributed by atoms with Crippen LogP contribution < -0.4 is 0 Å². The second-order valence-electron chi connectivity index (χ2n) is 6.75. The highest BCUT2D eigenvalue weighted by Crippen LogP contribution is 2.40. The predicted molar refractivity (Wildman–Crippen MR) is 111 cm³/mol. The molecule has 1 aliphatic rings. The van der Waals surface area contributed by atoms with Crippen molar-refractivity contribution >= 4 is 5.91 Å². The van der Waals surface area contributed by atoms with Crippen LogP contribution in [-0.2, 0) is 4.79 Å². The number of hydrogen-bond acceptors (Lipinski definition) is 1. The Hall–Kier alpha value is -2.61. The van der Waals surface area contributed by atoms with E-state index in [1.165, 1.54) is 5.56 Å². The Kier molecular flexibility index (Phi) is 6.97. The van der Waals surface area contributed by atoms with Gasteiger partial charge in [0.2, 0.25) is 5.91 Å². The third-order valence-corrected chi connectivity index (χ3v) is 5.03. The van der Waals surface area contributed by atoms with Gasteiger partial charge in [-0.25, -0.2) is 0 Å². The summed E-state index contributed by atoms with van der Waals surface area (Å²) in [4.78, 5) is 14.6. The highest BCUT2D eigenvalue weighted by atomic mass is 16.2. The Morgan fingerprint density at radius 3 is 2.54 bits per heavy atom. The van der Waals surface area contributed by atoms with Gasteiger partial charge in [0.05, 0.1) is 12.0 Å². The molecule has 0 bridgehead atoms. The van der Waals surface area contributed by atoms with E-state index >= 15 is 0 Å². The van der Waals surface area contributed by atoms with E-state index in [1.807, 2.05) is 31.2 Å². The Morgan fingerprint density at radius 2 is 1.96 bits per heavy atom. The number of carbonyl (C=O) groups is 1. The number of benzene rings is 1. The molecule has 1 heterocycles. The van der Waals surface area contributed by atoms with Gasteiger partial charge in [0.1, 0.15) is 0 Å². The van der Waals surface area contributed by atoms with Crippen LogP contribution in [0.3, 0.4) is 0 Å². The second kappa shape index (κ2) is 9.19.